The lowest BCUT2D eigenvalue weighted by atomic mass is 10.0. The predicted octanol–water partition coefficient (Wildman–Crippen LogP) is 2.49. The van der Waals surface area contributed by atoms with Gasteiger partial charge in [-0.2, -0.15) is 0 Å². The van der Waals surface area contributed by atoms with Gasteiger partial charge in [-0.25, -0.2) is 0 Å². The van der Waals surface area contributed by atoms with Gasteiger partial charge in [-0.3, -0.25) is 0 Å². The van der Waals surface area contributed by atoms with E-state index in [1.807, 2.05) is 30.3 Å². The molecule has 1 atom stereocenters. The number of hydrogen-bond donors (Lipinski definition) is 2. The molecule has 0 aliphatic carbocycles. The van der Waals surface area contributed by atoms with E-state index in [0.29, 0.717) is 17.2 Å². The minimum atomic E-state index is 0.105. The Balaban J connectivity index is 2.22. The summed E-state index contributed by atoms with van der Waals surface area (Å²) in [6, 6.07) is 10.1. The molecule has 0 unspecified atom stereocenters. The van der Waals surface area contributed by atoms with Gasteiger partial charge in [0.15, 0.2) is 0 Å². The number of benzene rings is 1. The van der Waals surface area contributed by atoms with Gasteiger partial charge in [0.25, 0.3) is 0 Å². The molecule has 1 aliphatic heterocycles. The Morgan fingerprint density at radius 3 is 2.64 bits per heavy atom. The lowest BCUT2D eigenvalue weighted by Gasteiger charge is -2.23. The van der Waals surface area contributed by atoms with Gasteiger partial charge in [-0.1, -0.05) is 42.5 Å². The molecule has 2 nitrogen and oxygen atoms in total. The first-order chi connectivity index (χ1) is 6.75. The van der Waals surface area contributed by atoms with E-state index in [2.05, 4.69) is 5.32 Å². The minimum Gasteiger partial charge on any atom is -0.512 e. The highest BCUT2D eigenvalue weighted by atomic mass is 32.1. The molecule has 1 aromatic carbocycles. The second-order valence-electron chi connectivity index (χ2n) is 3.31. The second-order valence-corrected chi connectivity index (χ2v) is 3.75. The monoisotopic (exact) mass is 205 g/mol. The Labute approximate surface area is 88.3 Å². The topological polar surface area (TPSA) is 32.3 Å². The molecular formula is C11H11NOS. The Kier molecular flexibility index (Phi) is 2.50. The van der Waals surface area contributed by atoms with Crippen LogP contribution in [0.4, 0.5) is 0 Å². The van der Waals surface area contributed by atoms with Crippen molar-refractivity contribution in [2.75, 3.05) is 0 Å². The van der Waals surface area contributed by atoms with E-state index in [1.54, 1.807) is 6.08 Å². The molecule has 2 N–H and O–H groups in total. The summed E-state index contributed by atoms with van der Waals surface area (Å²) in [7, 11) is 0. The molecule has 1 heterocycles. The van der Waals surface area contributed by atoms with Gasteiger partial charge in [0.2, 0.25) is 0 Å². The molecule has 0 saturated heterocycles. The third kappa shape index (κ3) is 1.93. The maximum Gasteiger partial charge on any atom is 0.103 e. The number of thiocarbonyl (C=S) groups is 1. The Bertz CT molecular complexity index is 372. The van der Waals surface area contributed by atoms with Crippen molar-refractivity contribution in [1.29, 1.82) is 0 Å². The molecule has 0 bridgehead atoms. The normalized spacial score (nSPS) is 21.3. The molecule has 0 saturated carbocycles. The van der Waals surface area contributed by atoms with Gasteiger partial charge >= 0.3 is 0 Å². The molecule has 0 aromatic heterocycles. The molecule has 3 heteroatoms. The number of rotatable bonds is 1. The quantitative estimate of drug-likeness (QED) is 0.691. The lowest BCUT2D eigenvalue weighted by Crippen LogP contribution is -2.29. The molecule has 0 fully saturated rings. The highest BCUT2D eigenvalue weighted by Gasteiger charge is 2.18. The Morgan fingerprint density at radius 2 is 2.00 bits per heavy atom. The zero-order valence-electron chi connectivity index (χ0n) is 7.60. The molecule has 72 valence electrons. The zero-order chi connectivity index (χ0) is 9.97. The summed E-state index contributed by atoms with van der Waals surface area (Å²) in [6.45, 7) is 0. The summed E-state index contributed by atoms with van der Waals surface area (Å²) in [5.41, 5.74) is 1.15. The second kappa shape index (κ2) is 3.80. The van der Waals surface area contributed by atoms with Crippen LogP contribution in [0.25, 0.3) is 0 Å². The van der Waals surface area contributed by atoms with Crippen LogP contribution in [-0.4, -0.2) is 10.1 Å². The van der Waals surface area contributed by atoms with Crippen LogP contribution in [-0.2, 0) is 0 Å². The number of aliphatic hydroxyl groups excluding tert-OH is 1. The van der Waals surface area contributed by atoms with E-state index in [9.17, 15) is 5.11 Å². The van der Waals surface area contributed by atoms with Crippen molar-refractivity contribution in [1.82, 2.24) is 5.32 Å². The molecule has 2 rings (SSSR count). The fourth-order valence-corrected chi connectivity index (χ4v) is 1.85. The van der Waals surface area contributed by atoms with Crippen LogP contribution in [0.2, 0.25) is 0 Å². The number of aliphatic hydroxyl groups is 1. The highest BCUT2D eigenvalue weighted by molar-refractivity contribution is 7.80. The molecule has 0 radical (unpaired) electrons. The van der Waals surface area contributed by atoms with Gasteiger partial charge in [-0.15, -0.1) is 0 Å². The van der Waals surface area contributed by atoms with Crippen molar-refractivity contribution >= 4 is 17.2 Å². The average molecular weight is 205 g/mol. The van der Waals surface area contributed by atoms with Gasteiger partial charge in [-0.05, 0) is 5.56 Å². The predicted molar refractivity (Wildman–Crippen MR) is 60.2 cm³/mol. The van der Waals surface area contributed by atoms with Gasteiger partial charge < -0.3 is 10.4 Å². The van der Waals surface area contributed by atoms with Crippen molar-refractivity contribution in [2.24, 2.45) is 0 Å². The van der Waals surface area contributed by atoms with Crippen LogP contribution in [0.15, 0.2) is 42.2 Å². The first kappa shape index (κ1) is 9.21. The van der Waals surface area contributed by atoms with Crippen molar-refractivity contribution in [3.05, 3.63) is 47.7 Å². The van der Waals surface area contributed by atoms with Crippen LogP contribution in [0, 0.1) is 0 Å². The molecule has 14 heavy (non-hydrogen) atoms. The van der Waals surface area contributed by atoms with Crippen molar-refractivity contribution < 1.29 is 5.11 Å². The first-order valence-electron chi connectivity index (χ1n) is 4.50. The summed E-state index contributed by atoms with van der Waals surface area (Å²) in [4.78, 5) is 0.600. The largest absolute Gasteiger partial charge is 0.512 e. The van der Waals surface area contributed by atoms with Crippen molar-refractivity contribution in [3.63, 3.8) is 0 Å². The zero-order valence-corrected chi connectivity index (χ0v) is 8.42. The molecule has 0 spiro atoms. The van der Waals surface area contributed by atoms with Gasteiger partial charge in [0.1, 0.15) is 4.99 Å². The summed E-state index contributed by atoms with van der Waals surface area (Å²) < 4.78 is 0. The van der Waals surface area contributed by atoms with Crippen LogP contribution < -0.4 is 5.32 Å². The van der Waals surface area contributed by atoms with Crippen molar-refractivity contribution in [3.8, 4) is 0 Å². The van der Waals surface area contributed by atoms with Gasteiger partial charge in [0, 0.05) is 12.5 Å². The third-order valence-electron chi connectivity index (χ3n) is 2.23. The number of nitrogens with one attached hydrogen (secondary N) is 1. The standard InChI is InChI=1S/C11H11NOS/c13-9-6-10(12-11(14)7-9)8-4-2-1-3-5-8/h1-5,7,10,13H,6H2,(H,12,14)/t10-/m0/s1. The fraction of sp³-hybridized carbons (Fsp3) is 0.182. The molecule has 0 amide bonds. The van der Waals surface area contributed by atoms with E-state index < -0.39 is 0 Å². The highest BCUT2D eigenvalue weighted by Crippen LogP contribution is 2.22. The van der Waals surface area contributed by atoms with E-state index in [0.717, 1.165) is 5.56 Å². The summed E-state index contributed by atoms with van der Waals surface area (Å²) >= 11 is 5.01. The minimum absolute atomic E-state index is 0.105. The summed E-state index contributed by atoms with van der Waals surface area (Å²) in [6.07, 6.45) is 2.19. The van der Waals surface area contributed by atoms with Crippen LogP contribution in [0.1, 0.15) is 18.0 Å². The van der Waals surface area contributed by atoms with E-state index >= 15 is 0 Å². The fourth-order valence-electron chi connectivity index (χ4n) is 1.57. The number of hydrogen-bond acceptors (Lipinski definition) is 2. The smallest absolute Gasteiger partial charge is 0.103 e. The van der Waals surface area contributed by atoms with E-state index in [4.69, 9.17) is 12.2 Å². The van der Waals surface area contributed by atoms with E-state index in [-0.39, 0.29) is 6.04 Å². The van der Waals surface area contributed by atoms with Crippen molar-refractivity contribution in [2.45, 2.75) is 12.5 Å². The van der Waals surface area contributed by atoms with Crippen LogP contribution in [0.3, 0.4) is 0 Å². The Morgan fingerprint density at radius 1 is 1.29 bits per heavy atom. The molecule has 1 aliphatic rings. The van der Waals surface area contributed by atoms with Gasteiger partial charge in [0.05, 0.1) is 11.8 Å². The maximum absolute atomic E-state index is 9.44. The maximum atomic E-state index is 9.44. The third-order valence-corrected chi connectivity index (χ3v) is 2.47. The van der Waals surface area contributed by atoms with E-state index in [1.165, 1.54) is 0 Å². The molecular weight excluding hydrogens is 194 g/mol. The van der Waals surface area contributed by atoms with Crippen LogP contribution >= 0.6 is 12.2 Å². The average Bonchev–Trinajstić information content (AvgIpc) is 2.18. The lowest BCUT2D eigenvalue weighted by molar-refractivity contribution is 0.364. The first-order valence-corrected chi connectivity index (χ1v) is 4.91. The Hall–Kier alpha value is -1.35. The summed E-state index contributed by atoms with van der Waals surface area (Å²) in [5.74, 6) is 0.350. The van der Waals surface area contributed by atoms with Crippen LogP contribution in [0.5, 0.6) is 0 Å². The molecule has 1 aromatic rings. The SMILES string of the molecule is OC1=CC(=S)N[C@H](c2ccccc2)C1. The summed E-state index contributed by atoms with van der Waals surface area (Å²) in [5, 5.41) is 12.6.